The molecule has 26 heavy (non-hydrogen) atoms. The fourth-order valence-corrected chi connectivity index (χ4v) is 3.15. The molecule has 0 unspecified atom stereocenters. The fraction of sp³-hybridized carbons (Fsp3) is 0.0588. The molecular formula is C17H10ClFN2O4S. The number of rotatable bonds is 5. The molecule has 0 aliphatic heterocycles. The van der Waals surface area contributed by atoms with Gasteiger partial charge in [-0.2, -0.15) is 0 Å². The van der Waals surface area contributed by atoms with Gasteiger partial charge in [-0.15, -0.1) is 11.3 Å². The monoisotopic (exact) mass is 392 g/mol. The van der Waals surface area contributed by atoms with Crippen LogP contribution in [0.1, 0.15) is 5.69 Å². The molecule has 0 amide bonds. The Kier molecular flexibility index (Phi) is 5.24. The molecule has 0 aliphatic carbocycles. The highest BCUT2D eigenvalue weighted by Crippen LogP contribution is 2.29. The molecule has 2 aromatic carbocycles. The third-order valence-electron chi connectivity index (χ3n) is 3.32. The number of aromatic nitrogens is 1. The van der Waals surface area contributed by atoms with Crippen molar-refractivity contribution in [1.82, 2.24) is 4.98 Å². The van der Waals surface area contributed by atoms with Crippen LogP contribution in [0.4, 0.5) is 10.1 Å². The molecule has 3 aromatic rings. The van der Waals surface area contributed by atoms with Gasteiger partial charge >= 0.3 is 5.97 Å². The number of esters is 1. The van der Waals surface area contributed by atoms with Crippen molar-refractivity contribution < 1.29 is 18.8 Å². The summed E-state index contributed by atoms with van der Waals surface area (Å²) in [6.45, 7) is 0. The zero-order chi connectivity index (χ0) is 18.7. The molecule has 0 atom stereocenters. The van der Waals surface area contributed by atoms with E-state index in [1.54, 1.807) is 17.5 Å². The summed E-state index contributed by atoms with van der Waals surface area (Å²) in [4.78, 5) is 26.5. The quantitative estimate of drug-likeness (QED) is 0.273. The maximum absolute atomic E-state index is 13.0. The molecule has 0 saturated carbocycles. The number of halogens is 2. The van der Waals surface area contributed by atoms with Gasteiger partial charge in [0, 0.05) is 23.1 Å². The van der Waals surface area contributed by atoms with E-state index >= 15 is 0 Å². The number of ether oxygens (including phenoxy) is 1. The van der Waals surface area contributed by atoms with E-state index in [4.69, 9.17) is 16.3 Å². The maximum atomic E-state index is 13.0. The predicted molar refractivity (Wildman–Crippen MR) is 95.0 cm³/mol. The van der Waals surface area contributed by atoms with Gasteiger partial charge in [0.25, 0.3) is 5.69 Å². The fourth-order valence-electron chi connectivity index (χ4n) is 2.11. The topological polar surface area (TPSA) is 82.3 Å². The van der Waals surface area contributed by atoms with E-state index in [1.165, 1.54) is 35.6 Å². The molecule has 1 aromatic heterocycles. The predicted octanol–water partition coefficient (Wildman–Crippen LogP) is 4.66. The molecule has 0 spiro atoms. The van der Waals surface area contributed by atoms with Crippen molar-refractivity contribution in [2.75, 3.05) is 0 Å². The van der Waals surface area contributed by atoms with Crippen LogP contribution in [0.25, 0.3) is 10.6 Å². The van der Waals surface area contributed by atoms with Gasteiger partial charge in [0.05, 0.1) is 22.1 Å². The second-order valence-electron chi connectivity index (χ2n) is 5.17. The highest BCUT2D eigenvalue weighted by Gasteiger charge is 2.15. The van der Waals surface area contributed by atoms with Crippen LogP contribution in [0.2, 0.25) is 5.02 Å². The number of thiazole rings is 1. The van der Waals surface area contributed by atoms with E-state index in [1.807, 2.05) is 0 Å². The number of benzene rings is 2. The Morgan fingerprint density at radius 1 is 1.27 bits per heavy atom. The molecule has 0 aliphatic rings. The summed E-state index contributed by atoms with van der Waals surface area (Å²) in [6, 6.07) is 9.45. The molecule has 3 rings (SSSR count). The Morgan fingerprint density at radius 3 is 2.65 bits per heavy atom. The van der Waals surface area contributed by atoms with Crippen LogP contribution in [0.5, 0.6) is 5.75 Å². The van der Waals surface area contributed by atoms with Gasteiger partial charge in [-0.25, -0.2) is 9.37 Å². The second kappa shape index (κ2) is 7.59. The normalized spacial score (nSPS) is 10.5. The summed E-state index contributed by atoms with van der Waals surface area (Å²) in [6.07, 6.45) is -0.0923. The second-order valence-corrected chi connectivity index (χ2v) is 6.44. The third-order valence-corrected chi connectivity index (χ3v) is 4.55. The lowest BCUT2D eigenvalue weighted by Crippen LogP contribution is -2.11. The summed E-state index contributed by atoms with van der Waals surface area (Å²) < 4.78 is 18.1. The van der Waals surface area contributed by atoms with Crippen molar-refractivity contribution in [3.63, 3.8) is 0 Å². The SMILES string of the molecule is O=C(Cc1csc(-c2ccc(F)cc2)n1)Oc1ccc([N+](=O)[O-])cc1Cl. The van der Waals surface area contributed by atoms with Crippen LogP contribution in [0.3, 0.4) is 0 Å². The van der Waals surface area contributed by atoms with Crippen LogP contribution in [-0.4, -0.2) is 15.9 Å². The largest absolute Gasteiger partial charge is 0.425 e. The summed E-state index contributed by atoms with van der Waals surface area (Å²) in [5.41, 5.74) is 1.05. The molecular weight excluding hydrogens is 383 g/mol. The number of nitro benzene ring substituents is 1. The first kappa shape index (κ1) is 18.0. The zero-order valence-corrected chi connectivity index (χ0v) is 14.6. The maximum Gasteiger partial charge on any atom is 0.317 e. The van der Waals surface area contributed by atoms with Gasteiger partial charge in [-0.3, -0.25) is 14.9 Å². The van der Waals surface area contributed by atoms with Crippen LogP contribution in [-0.2, 0) is 11.2 Å². The Bertz CT molecular complexity index is 975. The number of nitrogens with zero attached hydrogens (tertiary/aromatic N) is 2. The van der Waals surface area contributed by atoms with Crippen molar-refractivity contribution in [2.24, 2.45) is 0 Å². The first-order valence-corrected chi connectivity index (χ1v) is 8.53. The molecule has 9 heteroatoms. The van der Waals surface area contributed by atoms with Gasteiger partial charge in [0.1, 0.15) is 16.6 Å². The van der Waals surface area contributed by atoms with E-state index in [0.29, 0.717) is 10.7 Å². The van der Waals surface area contributed by atoms with Gasteiger partial charge in [-0.05, 0) is 30.3 Å². The van der Waals surface area contributed by atoms with Crippen molar-refractivity contribution in [3.05, 3.63) is 74.5 Å². The highest BCUT2D eigenvalue weighted by atomic mass is 35.5. The van der Waals surface area contributed by atoms with E-state index in [2.05, 4.69) is 4.98 Å². The summed E-state index contributed by atoms with van der Waals surface area (Å²) in [5, 5.41) is 13.0. The zero-order valence-electron chi connectivity index (χ0n) is 13.0. The van der Waals surface area contributed by atoms with Crippen LogP contribution in [0.15, 0.2) is 47.8 Å². The van der Waals surface area contributed by atoms with Gasteiger partial charge < -0.3 is 4.74 Å². The van der Waals surface area contributed by atoms with E-state index in [0.717, 1.165) is 11.6 Å². The van der Waals surface area contributed by atoms with Crippen LogP contribution in [0, 0.1) is 15.9 Å². The standard InChI is InChI=1S/C17H10ClFN2O4S/c18-14-8-13(21(23)24)5-6-15(14)25-16(22)7-12-9-26-17(20-12)10-1-3-11(19)4-2-10/h1-6,8-9H,7H2. The number of carbonyl (C=O) groups excluding carboxylic acids is 1. The van der Waals surface area contributed by atoms with E-state index in [-0.39, 0.29) is 28.7 Å². The molecule has 0 fully saturated rings. The smallest absolute Gasteiger partial charge is 0.317 e. The average molecular weight is 393 g/mol. The molecule has 1 heterocycles. The highest BCUT2D eigenvalue weighted by molar-refractivity contribution is 7.13. The van der Waals surface area contributed by atoms with Crippen molar-refractivity contribution >= 4 is 34.6 Å². The molecule has 132 valence electrons. The number of hydrogen-bond acceptors (Lipinski definition) is 6. The Balaban J connectivity index is 1.67. The van der Waals surface area contributed by atoms with E-state index in [9.17, 15) is 19.3 Å². The summed E-state index contributed by atoms with van der Waals surface area (Å²) >= 11 is 7.21. The molecule has 6 nitrogen and oxygen atoms in total. The van der Waals surface area contributed by atoms with E-state index < -0.39 is 10.9 Å². The minimum Gasteiger partial charge on any atom is -0.425 e. The van der Waals surface area contributed by atoms with Gasteiger partial charge in [0.2, 0.25) is 0 Å². The molecule has 0 bridgehead atoms. The minimum absolute atomic E-state index is 0.0298. The molecule has 0 radical (unpaired) electrons. The third kappa shape index (κ3) is 4.22. The lowest BCUT2D eigenvalue weighted by Gasteiger charge is -2.05. The summed E-state index contributed by atoms with van der Waals surface area (Å²) in [7, 11) is 0. The van der Waals surface area contributed by atoms with Crippen molar-refractivity contribution in [1.29, 1.82) is 0 Å². The number of carbonyl (C=O) groups is 1. The first-order chi connectivity index (χ1) is 12.4. The van der Waals surface area contributed by atoms with Crippen molar-refractivity contribution in [2.45, 2.75) is 6.42 Å². The lowest BCUT2D eigenvalue weighted by atomic mass is 10.2. The summed E-state index contributed by atoms with van der Waals surface area (Å²) in [5.74, 6) is -0.901. The average Bonchev–Trinajstić information content (AvgIpc) is 3.05. The van der Waals surface area contributed by atoms with Crippen LogP contribution < -0.4 is 4.74 Å². The molecule has 0 N–H and O–H groups in total. The minimum atomic E-state index is -0.600. The number of nitro groups is 1. The molecule has 0 saturated heterocycles. The Hall–Kier alpha value is -2.84. The number of non-ortho nitro benzene ring substituents is 1. The Labute approximate surface area is 156 Å². The van der Waals surface area contributed by atoms with Crippen LogP contribution >= 0.6 is 22.9 Å². The van der Waals surface area contributed by atoms with Crippen molar-refractivity contribution in [3.8, 4) is 16.3 Å². The van der Waals surface area contributed by atoms with Gasteiger partial charge in [0.15, 0.2) is 0 Å². The lowest BCUT2D eigenvalue weighted by molar-refractivity contribution is -0.384. The first-order valence-electron chi connectivity index (χ1n) is 7.27. The Morgan fingerprint density at radius 2 is 2.00 bits per heavy atom. The van der Waals surface area contributed by atoms with Gasteiger partial charge in [-0.1, -0.05) is 11.6 Å². The number of hydrogen-bond donors (Lipinski definition) is 0.